The van der Waals surface area contributed by atoms with Crippen molar-refractivity contribution in [3.05, 3.63) is 71.3 Å². The third-order valence-corrected chi connectivity index (χ3v) is 3.79. The van der Waals surface area contributed by atoms with Crippen LogP contribution in [0, 0.1) is 0 Å². The maximum atomic E-state index is 12.5. The first-order chi connectivity index (χ1) is 13.5. The monoisotopic (exact) mass is 401 g/mol. The van der Waals surface area contributed by atoms with E-state index >= 15 is 0 Å². The molecule has 2 rings (SSSR count). The van der Waals surface area contributed by atoms with Crippen molar-refractivity contribution in [2.75, 3.05) is 24.7 Å². The zero-order chi connectivity index (χ0) is 20.4. The van der Waals surface area contributed by atoms with E-state index in [4.69, 9.17) is 21.1 Å². The van der Waals surface area contributed by atoms with E-state index in [0.29, 0.717) is 10.7 Å². The Morgan fingerprint density at radius 1 is 1.04 bits per heavy atom. The van der Waals surface area contributed by atoms with Crippen molar-refractivity contribution in [3.63, 3.8) is 0 Å². The first-order valence-corrected chi connectivity index (χ1v) is 8.99. The normalized spacial score (nSPS) is 10.5. The lowest BCUT2D eigenvalue weighted by Crippen LogP contribution is -2.39. The van der Waals surface area contributed by atoms with Crippen LogP contribution in [-0.4, -0.2) is 37.6 Å². The number of anilines is 1. The topological polar surface area (TPSA) is 72.9 Å². The molecule has 0 aliphatic carbocycles. The van der Waals surface area contributed by atoms with Crippen LogP contribution >= 0.6 is 11.6 Å². The van der Waals surface area contributed by atoms with Gasteiger partial charge in [-0.05, 0) is 42.8 Å². The Balaban J connectivity index is 1.98. The Labute approximate surface area is 168 Å². The highest BCUT2D eigenvalue weighted by atomic mass is 35.5. The fourth-order valence-corrected chi connectivity index (χ4v) is 2.50. The minimum atomic E-state index is -0.683. The molecule has 146 valence electrons. The van der Waals surface area contributed by atoms with Crippen LogP contribution in [0.15, 0.2) is 60.7 Å². The molecule has 1 amide bonds. The summed E-state index contributed by atoms with van der Waals surface area (Å²) < 4.78 is 9.90. The molecule has 0 saturated carbocycles. The van der Waals surface area contributed by atoms with Gasteiger partial charge in [0.15, 0.2) is 6.61 Å². The summed E-state index contributed by atoms with van der Waals surface area (Å²) in [5.74, 6) is -1.77. The van der Waals surface area contributed by atoms with Crippen LogP contribution < -0.4 is 4.90 Å². The number of carbonyl (C=O) groups excluding carboxylic acids is 3. The zero-order valence-corrected chi connectivity index (χ0v) is 16.1. The second kappa shape index (κ2) is 10.9. The zero-order valence-electron chi connectivity index (χ0n) is 15.3. The van der Waals surface area contributed by atoms with Crippen LogP contribution in [0.5, 0.6) is 0 Å². The summed E-state index contributed by atoms with van der Waals surface area (Å²) in [7, 11) is 0. The molecule has 0 heterocycles. The minimum Gasteiger partial charge on any atom is -0.465 e. The first kappa shape index (κ1) is 21.2. The Bertz CT molecular complexity index is 851. The van der Waals surface area contributed by atoms with Crippen LogP contribution in [-0.2, 0) is 23.9 Å². The molecular weight excluding hydrogens is 382 g/mol. The van der Waals surface area contributed by atoms with Gasteiger partial charge in [0, 0.05) is 16.8 Å². The van der Waals surface area contributed by atoms with E-state index in [1.807, 2.05) is 0 Å². The predicted molar refractivity (Wildman–Crippen MR) is 107 cm³/mol. The molecule has 2 aromatic rings. The van der Waals surface area contributed by atoms with Crippen LogP contribution in [0.3, 0.4) is 0 Å². The summed E-state index contributed by atoms with van der Waals surface area (Å²) in [5.41, 5.74) is 1.23. The smallest absolute Gasteiger partial charge is 0.331 e. The average Bonchev–Trinajstić information content (AvgIpc) is 2.69. The highest BCUT2D eigenvalue weighted by molar-refractivity contribution is 6.30. The van der Waals surface area contributed by atoms with Crippen LogP contribution in [0.4, 0.5) is 5.69 Å². The molecule has 0 radical (unpaired) electrons. The molecule has 28 heavy (non-hydrogen) atoms. The van der Waals surface area contributed by atoms with Crippen molar-refractivity contribution in [2.24, 2.45) is 0 Å². The van der Waals surface area contributed by atoms with Crippen molar-refractivity contribution in [1.82, 2.24) is 0 Å². The van der Waals surface area contributed by atoms with E-state index in [1.54, 1.807) is 61.5 Å². The number of esters is 2. The maximum Gasteiger partial charge on any atom is 0.331 e. The van der Waals surface area contributed by atoms with Gasteiger partial charge in [-0.1, -0.05) is 41.9 Å². The third-order valence-electron chi connectivity index (χ3n) is 3.56. The summed E-state index contributed by atoms with van der Waals surface area (Å²) >= 11 is 5.88. The van der Waals surface area contributed by atoms with E-state index in [2.05, 4.69) is 0 Å². The summed E-state index contributed by atoms with van der Waals surface area (Å²) in [5, 5.41) is 0.545. The van der Waals surface area contributed by atoms with Crippen molar-refractivity contribution in [2.45, 2.75) is 6.92 Å². The van der Waals surface area contributed by atoms with Gasteiger partial charge in [0.05, 0.1) is 6.61 Å². The van der Waals surface area contributed by atoms with Gasteiger partial charge in [-0.15, -0.1) is 0 Å². The quantitative estimate of drug-likeness (QED) is 0.500. The molecule has 0 aliphatic heterocycles. The number of ether oxygens (including phenoxy) is 2. The van der Waals surface area contributed by atoms with E-state index in [-0.39, 0.29) is 13.2 Å². The average molecular weight is 402 g/mol. The Morgan fingerprint density at radius 3 is 2.46 bits per heavy atom. The minimum absolute atomic E-state index is 0.207. The maximum absolute atomic E-state index is 12.5. The molecule has 0 unspecified atom stereocenters. The second-order valence-corrected chi connectivity index (χ2v) is 6.05. The van der Waals surface area contributed by atoms with Gasteiger partial charge in [0.2, 0.25) is 0 Å². The highest BCUT2D eigenvalue weighted by Gasteiger charge is 2.20. The van der Waals surface area contributed by atoms with Crippen LogP contribution in [0.25, 0.3) is 6.08 Å². The predicted octanol–water partition coefficient (Wildman–Crippen LogP) is 3.49. The lowest BCUT2D eigenvalue weighted by molar-refractivity contribution is -0.144. The van der Waals surface area contributed by atoms with Gasteiger partial charge in [-0.3, -0.25) is 14.5 Å². The summed E-state index contributed by atoms with van der Waals surface area (Å²) in [4.78, 5) is 37.4. The van der Waals surface area contributed by atoms with Gasteiger partial charge in [-0.2, -0.15) is 0 Å². The molecule has 0 bridgehead atoms. The van der Waals surface area contributed by atoms with E-state index in [0.717, 1.165) is 5.56 Å². The van der Waals surface area contributed by atoms with Crippen molar-refractivity contribution >= 4 is 41.2 Å². The largest absolute Gasteiger partial charge is 0.465 e. The Kier molecular flexibility index (Phi) is 8.24. The van der Waals surface area contributed by atoms with Crippen molar-refractivity contribution in [3.8, 4) is 0 Å². The van der Waals surface area contributed by atoms with E-state index in [1.165, 1.54) is 17.1 Å². The molecule has 0 aliphatic rings. The Morgan fingerprint density at radius 2 is 1.79 bits per heavy atom. The summed E-state index contributed by atoms with van der Waals surface area (Å²) in [6.45, 7) is 1.11. The van der Waals surface area contributed by atoms with E-state index in [9.17, 15) is 14.4 Å². The Hall–Kier alpha value is -3.12. The third kappa shape index (κ3) is 6.89. The van der Waals surface area contributed by atoms with Gasteiger partial charge in [0.25, 0.3) is 5.91 Å². The SMILES string of the molecule is CCOC(=O)CN(C(=O)COC(=O)/C=C/c1cccc(Cl)c1)c1ccccc1. The number of rotatable bonds is 8. The second-order valence-electron chi connectivity index (χ2n) is 5.62. The number of amides is 1. The number of carbonyl (C=O) groups is 3. The van der Waals surface area contributed by atoms with E-state index < -0.39 is 24.5 Å². The molecule has 0 saturated heterocycles. The van der Waals surface area contributed by atoms with Gasteiger partial charge in [0.1, 0.15) is 6.54 Å². The molecule has 2 aromatic carbocycles. The van der Waals surface area contributed by atoms with Crippen molar-refractivity contribution < 1.29 is 23.9 Å². The number of halogens is 1. The fraction of sp³-hybridized carbons (Fsp3) is 0.190. The molecule has 0 aromatic heterocycles. The number of benzene rings is 2. The number of hydrogen-bond acceptors (Lipinski definition) is 5. The number of para-hydroxylation sites is 1. The molecule has 7 heteroatoms. The molecule has 0 atom stereocenters. The summed E-state index contributed by atoms with van der Waals surface area (Å²) in [6, 6.07) is 15.6. The first-order valence-electron chi connectivity index (χ1n) is 8.61. The molecule has 0 N–H and O–H groups in total. The fourth-order valence-electron chi connectivity index (χ4n) is 2.30. The molecular formula is C21H20ClNO5. The summed E-state index contributed by atoms with van der Waals surface area (Å²) in [6.07, 6.45) is 2.74. The van der Waals surface area contributed by atoms with Crippen molar-refractivity contribution in [1.29, 1.82) is 0 Å². The molecule has 0 spiro atoms. The number of hydrogen-bond donors (Lipinski definition) is 0. The lowest BCUT2D eigenvalue weighted by atomic mass is 10.2. The van der Waals surface area contributed by atoms with Gasteiger partial charge < -0.3 is 9.47 Å². The lowest BCUT2D eigenvalue weighted by Gasteiger charge is -2.21. The standard InChI is InChI=1S/C21H20ClNO5/c1-2-27-21(26)14-23(18-9-4-3-5-10-18)19(24)15-28-20(25)12-11-16-7-6-8-17(22)13-16/h3-13H,2,14-15H2,1H3/b12-11+. The van der Waals surface area contributed by atoms with Gasteiger partial charge >= 0.3 is 11.9 Å². The molecule has 6 nitrogen and oxygen atoms in total. The van der Waals surface area contributed by atoms with Crippen LogP contribution in [0.1, 0.15) is 12.5 Å². The number of nitrogens with zero attached hydrogens (tertiary/aromatic N) is 1. The van der Waals surface area contributed by atoms with Crippen LogP contribution in [0.2, 0.25) is 5.02 Å². The highest BCUT2D eigenvalue weighted by Crippen LogP contribution is 2.14. The molecule has 0 fully saturated rings. The van der Waals surface area contributed by atoms with Gasteiger partial charge in [-0.25, -0.2) is 4.79 Å².